The Morgan fingerprint density at radius 3 is 2.65 bits per heavy atom. The molecule has 0 aromatic rings. The molecule has 2 aliphatic heterocycles. The van der Waals surface area contributed by atoms with E-state index in [-0.39, 0.29) is 35.5 Å². The summed E-state index contributed by atoms with van der Waals surface area (Å²) in [4.78, 5) is 7.25. The molecule has 2 heterocycles. The van der Waals surface area contributed by atoms with Gasteiger partial charge in [0, 0.05) is 38.8 Å². The van der Waals surface area contributed by atoms with Crippen LogP contribution in [-0.4, -0.2) is 63.5 Å². The molecule has 0 aliphatic carbocycles. The molecule has 0 aromatic carbocycles. The summed E-state index contributed by atoms with van der Waals surface area (Å²) in [5.74, 6) is 1.03. The van der Waals surface area contributed by atoms with Crippen molar-refractivity contribution in [1.29, 1.82) is 0 Å². The number of aliphatic imine (C=N–C) groups is 1. The first-order chi connectivity index (χ1) is 10.4. The van der Waals surface area contributed by atoms with Gasteiger partial charge in [0.25, 0.3) is 0 Å². The zero-order chi connectivity index (χ0) is 16.2. The summed E-state index contributed by atoms with van der Waals surface area (Å²) in [6.45, 7) is 14.3. The minimum atomic E-state index is 0. The van der Waals surface area contributed by atoms with Crippen LogP contribution in [0, 0.1) is 10.8 Å². The van der Waals surface area contributed by atoms with Gasteiger partial charge in [-0.05, 0) is 25.2 Å². The second-order valence-electron chi connectivity index (χ2n) is 7.76. The van der Waals surface area contributed by atoms with E-state index < -0.39 is 0 Å². The van der Waals surface area contributed by atoms with Gasteiger partial charge >= 0.3 is 0 Å². The Labute approximate surface area is 158 Å². The summed E-state index contributed by atoms with van der Waals surface area (Å²) >= 11 is 0. The molecule has 5 nitrogen and oxygen atoms in total. The predicted octanol–water partition coefficient (Wildman–Crippen LogP) is 2.74. The molecule has 2 atom stereocenters. The Morgan fingerprint density at radius 2 is 2.13 bits per heavy atom. The topological polar surface area (TPSA) is 46.1 Å². The zero-order valence-electron chi connectivity index (χ0n) is 15.4. The number of hydrogen-bond donors (Lipinski definition) is 1. The van der Waals surface area contributed by atoms with E-state index >= 15 is 0 Å². The first-order valence-electron chi connectivity index (χ1n) is 8.54. The van der Waals surface area contributed by atoms with Crippen LogP contribution < -0.4 is 5.32 Å². The van der Waals surface area contributed by atoms with Crippen molar-refractivity contribution in [2.45, 2.75) is 46.6 Å². The standard InChI is InChI=1S/C17H33N3O2.HI/c1-6-18-15(19-11-14(21-5)16(2,3)4)20-9-7-17(12-20)8-10-22-13-17;/h14H,6-13H2,1-5H3,(H,18,19);1H. The van der Waals surface area contributed by atoms with Crippen molar-refractivity contribution in [3.63, 3.8) is 0 Å². The number of nitrogens with zero attached hydrogens (tertiary/aromatic N) is 2. The molecule has 0 aromatic heterocycles. The highest BCUT2D eigenvalue weighted by atomic mass is 127. The Balaban J connectivity index is 0.00000264. The van der Waals surface area contributed by atoms with E-state index in [9.17, 15) is 0 Å². The molecule has 2 saturated heterocycles. The van der Waals surface area contributed by atoms with Gasteiger partial charge in [-0.3, -0.25) is 4.99 Å². The van der Waals surface area contributed by atoms with Gasteiger partial charge in [0.15, 0.2) is 5.96 Å². The number of likely N-dealkylation sites (tertiary alicyclic amines) is 1. The summed E-state index contributed by atoms with van der Waals surface area (Å²) < 4.78 is 11.2. The molecule has 0 radical (unpaired) electrons. The van der Waals surface area contributed by atoms with Crippen molar-refractivity contribution in [3.8, 4) is 0 Å². The lowest BCUT2D eigenvalue weighted by atomic mass is 9.87. The Bertz CT molecular complexity index is 390. The Morgan fingerprint density at radius 1 is 1.39 bits per heavy atom. The smallest absolute Gasteiger partial charge is 0.194 e. The lowest BCUT2D eigenvalue weighted by molar-refractivity contribution is 0.0240. The number of guanidine groups is 1. The quantitative estimate of drug-likeness (QED) is 0.416. The molecular weight excluding hydrogens is 405 g/mol. The van der Waals surface area contributed by atoms with E-state index in [1.807, 2.05) is 0 Å². The van der Waals surface area contributed by atoms with Gasteiger partial charge in [-0.15, -0.1) is 24.0 Å². The van der Waals surface area contributed by atoms with Crippen molar-refractivity contribution in [2.75, 3.05) is 46.5 Å². The van der Waals surface area contributed by atoms with Crippen molar-refractivity contribution in [2.24, 2.45) is 15.8 Å². The van der Waals surface area contributed by atoms with Crippen LogP contribution in [0.4, 0.5) is 0 Å². The van der Waals surface area contributed by atoms with E-state index in [0.717, 1.165) is 38.8 Å². The molecule has 2 fully saturated rings. The van der Waals surface area contributed by atoms with Crippen LogP contribution in [0.1, 0.15) is 40.5 Å². The van der Waals surface area contributed by atoms with Crippen molar-refractivity contribution >= 4 is 29.9 Å². The number of halogens is 1. The monoisotopic (exact) mass is 439 g/mol. The summed E-state index contributed by atoms with van der Waals surface area (Å²) in [5.41, 5.74) is 0.460. The van der Waals surface area contributed by atoms with Gasteiger partial charge in [-0.2, -0.15) is 0 Å². The lowest BCUT2D eigenvalue weighted by Gasteiger charge is -2.29. The number of nitrogens with one attached hydrogen (secondary N) is 1. The van der Waals surface area contributed by atoms with E-state index in [0.29, 0.717) is 12.0 Å². The van der Waals surface area contributed by atoms with Crippen molar-refractivity contribution < 1.29 is 9.47 Å². The van der Waals surface area contributed by atoms with Crippen molar-refractivity contribution in [3.05, 3.63) is 0 Å². The Kier molecular flexibility index (Phi) is 8.07. The number of ether oxygens (including phenoxy) is 2. The largest absolute Gasteiger partial charge is 0.381 e. The van der Waals surface area contributed by atoms with Gasteiger partial charge in [0.2, 0.25) is 0 Å². The molecule has 0 saturated carbocycles. The average molecular weight is 439 g/mol. The third-order valence-electron chi connectivity index (χ3n) is 4.92. The minimum Gasteiger partial charge on any atom is -0.381 e. The molecule has 0 bridgehead atoms. The fourth-order valence-corrected chi connectivity index (χ4v) is 3.38. The van der Waals surface area contributed by atoms with E-state index in [1.165, 1.54) is 12.8 Å². The first-order valence-corrected chi connectivity index (χ1v) is 8.54. The molecular formula is C17H34IN3O2. The molecule has 1 spiro atoms. The molecule has 6 heteroatoms. The van der Waals surface area contributed by atoms with Crippen LogP contribution in [0.25, 0.3) is 0 Å². The SMILES string of the molecule is CCNC(=NCC(OC)C(C)(C)C)N1CCC2(CCOC2)C1.I. The molecule has 1 N–H and O–H groups in total. The van der Waals surface area contributed by atoms with E-state index in [2.05, 4.69) is 37.9 Å². The van der Waals surface area contributed by atoms with Crippen molar-refractivity contribution in [1.82, 2.24) is 10.2 Å². The summed E-state index contributed by atoms with van der Waals surface area (Å²) in [5, 5.41) is 3.44. The van der Waals surface area contributed by atoms with Crippen LogP contribution in [0.2, 0.25) is 0 Å². The Hall–Kier alpha value is -0.0800. The van der Waals surface area contributed by atoms with Gasteiger partial charge in [0.05, 0.1) is 19.3 Å². The zero-order valence-corrected chi connectivity index (χ0v) is 17.7. The lowest BCUT2D eigenvalue weighted by Crippen LogP contribution is -2.42. The van der Waals surface area contributed by atoms with Crippen LogP contribution in [0.15, 0.2) is 4.99 Å². The molecule has 136 valence electrons. The number of rotatable bonds is 4. The third kappa shape index (κ3) is 5.46. The summed E-state index contributed by atoms with van der Waals surface area (Å²) in [7, 11) is 1.78. The highest BCUT2D eigenvalue weighted by Gasteiger charge is 2.42. The van der Waals surface area contributed by atoms with Gasteiger partial charge in [-0.25, -0.2) is 0 Å². The predicted molar refractivity (Wildman–Crippen MR) is 106 cm³/mol. The molecule has 2 rings (SSSR count). The molecule has 23 heavy (non-hydrogen) atoms. The second-order valence-corrected chi connectivity index (χ2v) is 7.76. The van der Waals surface area contributed by atoms with Gasteiger partial charge in [0.1, 0.15) is 0 Å². The van der Waals surface area contributed by atoms with Gasteiger partial charge in [-0.1, -0.05) is 20.8 Å². The minimum absolute atomic E-state index is 0. The van der Waals surface area contributed by atoms with E-state index in [4.69, 9.17) is 14.5 Å². The van der Waals surface area contributed by atoms with Crippen LogP contribution in [0.3, 0.4) is 0 Å². The number of methoxy groups -OCH3 is 1. The average Bonchev–Trinajstić information content (AvgIpc) is 3.08. The van der Waals surface area contributed by atoms with Crippen LogP contribution in [0.5, 0.6) is 0 Å². The normalized spacial score (nSPS) is 26.5. The maximum Gasteiger partial charge on any atom is 0.194 e. The molecule has 2 aliphatic rings. The molecule has 2 unspecified atom stereocenters. The maximum absolute atomic E-state index is 5.63. The fourth-order valence-electron chi connectivity index (χ4n) is 3.38. The summed E-state index contributed by atoms with van der Waals surface area (Å²) in [6.07, 6.45) is 2.53. The fraction of sp³-hybridized carbons (Fsp3) is 0.941. The highest BCUT2D eigenvalue weighted by molar-refractivity contribution is 14.0. The molecule has 0 amide bonds. The number of hydrogen-bond acceptors (Lipinski definition) is 3. The van der Waals surface area contributed by atoms with Gasteiger partial charge < -0.3 is 19.7 Å². The third-order valence-corrected chi connectivity index (χ3v) is 4.92. The maximum atomic E-state index is 5.63. The van der Waals surface area contributed by atoms with E-state index in [1.54, 1.807) is 7.11 Å². The first kappa shape index (κ1) is 21.0. The van der Waals surface area contributed by atoms with Crippen LogP contribution in [-0.2, 0) is 9.47 Å². The summed E-state index contributed by atoms with van der Waals surface area (Å²) in [6, 6.07) is 0. The van der Waals surface area contributed by atoms with Crippen LogP contribution >= 0.6 is 24.0 Å². The second kappa shape index (κ2) is 8.85. The highest BCUT2D eigenvalue weighted by Crippen LogP contribution is 2.38.